The SMILES string of the molecule is COCNC(=O)[CH]C(C)(C)C. The van der Waals surface area contributed by atoms with Crippen molar-refractivity contribution in [1.29, 1.82) is 0 Å². The molecule has 0 saturated heterocycles. The van der Waals surface area contributed by atoms with Crippen LogP contribution in [0.5, 0.6) is 0 Å². The third-order valence-electron chi connectivity index (χ3n) is 0.955. The first-order chi connectivity index (χ1) is 4.95. The zero-order valence-corrected chi connectivity index (χ0v) is 7.60. The van der Waals surface area contributed by atoms with Gasteiger partial charge in [-0.2, -0.15) is 0 Å². The Labute approximate surface area is 68.1 Å². The van der Waals surface area contributed by atoms with Crippen LogP contribution in [0.15, 0.2) is 0 Å². The highest BCUT2D eigenvalue weighted by Crippen LogP contribution is 2.16. The molecule has 0 aromatic carbocycles. The Morgan fingerprint density at radius 1 is 1.55 bits per heavy atom. The molecule has 0 aromatic rings. The molecular weight excluding hydrogens is 142 g/mol. The number of carbonyl (C=O) groups excluding carboxylic acids is 1. The van der Waals surface area contributed by atoms with Crippen molar-refractivity contribution >= 4 is 5.91 Å². The first-order valence-electron chi connectivity index (χ1n) is 3.58. The second kappa shape index (κ2) is 4.34. The third kappa shape index (κ3) is 7.33. The first kappa shape index (κ1) is 10.4. The van der Waals surface area contributed by atoms with Crippen LogP contribution in [-0.2, 0) is 9.53 Å². The van der Waals surface area contributed by atoms with Crippen LogP contribution in [0.2, 0.25) is 0 Å². The maximum atomic E-state index is 11.0. The van der Waals surface area contributed by atoms with E-state index >= 15 is 0 Å². The summed E-state index contributed by atoms with van der Waals surface area (Å²) in [6.45, 7) is 6.18. The molecule has 11 heavy (non-hydrogen) atoms. The minimum absolute atomic E-state index is 0.0716. The topological polar surface area (TPSA) is 38.3 Å². The van der Waals surface area contributed by atoms with Crippen molar-refractivity contribution in [2.45, 2.75) is 20.8 Å². The molecule has 3 heteroatoms. The van der Waals surface area contributed by atoms with Crippen LogP contribution in [0.25, 0.3) is 0 Å². The standard InChI is InChI=1S/C8H16NO2/c1-8(2,3)5-7(10)9-6-11-4/h5H,6H2,1-4H3,(H,9,10). The Morgan fingerprint density at radius 3 is 2.45 bits per heavy atom. The largest absolute Gasteiger partial charge is 0.364 e. The van der Waals surface area contributed by atoms with Crippen molar-refractivity contribution in [3.63, 3.8) is 0 Å². The van der Waals surface area contributed by atoms with Gasteiger partial charge in [-0.05, 0) is 5.41 Å². The second-order valence-electron chi connectivity index (χ2n) is 3.48. The Bertz CT molecular complexity index is 127. The zero-order valence-electron chi connectivity index (χ0n) is 7.60. The van der Waals surface area contributed by atoms with Gasteiger partial charge in [0, 0.05) is 7.11 Å². The van der Waals surface area contributed by atoms with Gasteiger partial charge < -0.3 is 10.1 Å². The average Bonchev–Trinajstić information content (AvgIpc) is 1.79. The molecule has 65 valence electrons. The molecule has 1 radical (unpaired) electrons. The fourth-order valence-electron chi connectivity index (χ4n) is 0.588. The Kier molecular flexibility index (Phi) is 4.11. The highest BCUT2D eigenvalue weighted by atomic mass is 16.5. The van der Waals surface area contributed by atoms with Crippen LogP contribution < -0.4 is 5.32 Å². The average molecular weight is 158 g/mol. The lowest BCUT2D eigenvalue weighted by molar-refractivity contribution is -0.120. The van der Waals surface area contributed by atoms with E-state index in [1.165, 1.54) is 7.11 Å². The van der Waals surface area contributed by atoms with Crippen molar-refractivity contribution < 1.29 is 9.53 Å². The van der Waals surface area contributed by atoms with E-state index < -0.39 is 0 Å². The Morgan fingerprint density at radius 2 is 2.09 bits per heavy atom. The first-order valence-corrected chi connectivity index (χ1v) is 3.58. The zero-order chi connectivity index (χ0) is 8.91. The second-order valence-corrected chi connectivity index (χ2v) is 3.48. The van der Waals surface area contributed by atoms with Crippen LogP contribution in [-0.4, -0.2) is 19.7 Å². The maximum Gasteiger partial charge on any atom is 0.226 e. The quantitative estimate of drug-likeness (QED) is 0.621. The van der Waals surface area contributed by atoms with Crippen LogP contribution in [0.3, 0.4) is 0 Å². The maximum absolute atomic E-state index is 11.0. The van der Waals surface area contributed by atoms with E-state index in [4.69, 9.17) is 0 Å². The van der Waals surface area contributed by atoms with E-state index in [0.29, 0.717) is 0 Å². The van der Waals surface area contributed by atoms with E-state index in [0.717, 1.165) is 0 Å². The van der Waals surface area contributed by atoms with Crippen molar-refractivity contribution in [1.82, 2.24) is 5.32 Å². The minimum atomic E-state index is -0.0839. The minimum Gasteiger partial charge on any atom is -0.364 e. The molecule has 0 aliphatic rings. The van der Waals surface area contributed by atoms with Gasteiger partial charge in [-0.1, -0.05) is 20.8 Å². The fraction of sp³-hybridized carbons (Fsp3) is 0.750. The smallest absolute Gasteiger partial charge is 0.226 e. The summed E-state index contributed by atoms with van der Waals surface area (Å²) >= 11 is 0. The molecule has 0 aliphatic carbocycles. The molecule has 1 amide bonds. The molecule has 0 unspecified atom stereocenters. The Hall–Kier alpha value is -0.570. The molecule has 0 fully saturated rings. The molecule has 3 nitrogen and oxygen atoms in total. The Balaban J connectivity index is 3.53. The number of hydrogen-bond donors (Lipinski definition) is 1. The van der Waals surface area contributed by atoms with E-state index in [9.17, 15) is 4.79 Å². The lowest BCUT2D eigenvalue weighted by atomic mass is 9.92. The summed E-state index contributed by atoms with van der Waals surface area (Å²) in [5.74, 6) is -0.0839. The summed E-state index contributed by atoms with van der Waals surface area (Å²) in [5, 5.41) is 2.57. The predicted octanol–water partition coefficient (Wildman–Crippen LogP) is 0.957. The highest BCUT2D eigenvalue weighted by Gasteiger charge is 2.15. The van der Waals surface area contributed by atoms with Gasteiger partial charge in [0.2, 0.25) is 5.91 Å². The molecular formula is C8H16NO2. The summed E-state index contributed by atoms with van der Waals surface area (Å²) in [6, 6.07) is 0. The number of methoxy groups -OCH3 is 1. The van der Waals surface area contributed by atoms with E-state index in [-0.39, 0.29) is 18.1 Å². The summed E-state index contributed by atoms with van der Waals surface area (Å²) in [7, 11) is 1.54. The van der Waals surface area contributed by atoms with Crippen molar-refractivity contribution in [3.05, 3.63) is 6.42 Å². The van der Waals surface area contributed by atoms with Crippen molar-refractivity contribution in [2.24, 2.45) is 5.41 Å². The molecule has 0 heterocycles. The normalized spacial score (nSPS) is 11.3. The number of rotatable bonds is 3. The fourth-order valence-corrected chi connectivity index (χ4v) is 0.588. The number of carbonyl (C=O) groups is 1. The lowest BCUT2D eigenvalue weighted by Gasteiger charge is -2.16. The number of ether oxygens (including phenoxy) is 1. The number of hydrogen-bond acceptors (Lipinski definition) is 2. The predicted molar refractivity (Wildman–Crippen MR) is 43.8 cm³/mol. The van der Waals surface area contributed by atoms with Crippen LogP contribution >= 0.6 is 0 Å². The van der Waals surface area contributed by atoms with Gasteiger partial charge in [0.25, 0.3) is 0 Å². The van der Waals surface area contributed by atoms with E-state index in [1.807, 2.05) is 20.8 Å². The molecule has 1 N–H and O–H groups in total. The molecule has 0 atom stereocenters. The van der Waals surface area contributed by atoms with E-state index in [2.05, 4.69) is 10.1 Å². The van der Waals surface area contributed by atoms with Gasteiger partial charge >= 0.3 is 0 Å². The summed E-state index contributed by atoms with van der Waals surface area (Å²) < 4.78 is 4.68. The van der Waals surface area contributed by atoms with Gasteiger partial charge in [0.1, 0.15) is 6.73 Å². The van der Waals surface area contributed by atoms with Gasteiger partial charge in [0.05, 0.1) is 6.42 Å². The summed E-state index contributed by atoms with van der Waals surface area (Å²) in [5.41, 5.74) is -0.0716. The van der Waals surface area contributed by atoms with E-state index in [1.54, 1.807) is 6.42 Å². The van der Waals surface area contributed by atoms with Gasteiger partial charge in [-0.25, -0.2) is 0 Å². The number of nitrogens with one attached hydrogen (secondary N) is 1. The monoisotopic (exact) mass is 158 g/mol. The van der Waals surface area contributed by atoms with Crippen LogP contribution in [0.4, 0.5) is 0 Å². The van der Waals surface area contributed by atoms with Crippen LogP contribution in [0, 0.1) is 11.8 Å². The summed E-state index contributed by atoms with van der Waals surface area (Å²) in [4.78, 5) is 11.0. The summed E-state index contributed by atoms with van der Waals surface area (Å²) in [6.07, 6.45) is 1.63. The number of amides is 1. The molecule has 0 rings (SSSR count). The van der Waals surface area contributed by atoms with Crippen molar-refractivity contribution in [3.8, 4) is 0 Å². The van der Waals surface area contributed by atoms with Crippen LogP contribution in [0.1, 0.15) is 20.8 Å². The molecule has 0 bridgehead atoms. The third-order valence-corrected chi connectivity index (χ3v) is 0.955. The van der Waals surface area contributed by atoms with Gasteiger partial charge in [-0.15, -0.1) is 0 Å². The molecule has 0 saturated carbocycles. The molecule has 0 aliphatic heterocycles. The van der Waals surface area contributed by atoms with Gasteiger partial charge in [0.15, 0.2) is 0 Å². The van der Waals surface area contributed by atoms with Gasteiger partial charge in [-0.3, -0.25) is 4.79 Å². The lowest BCUT2D eigenvalue weighted by Crippen LogP contribution is -2.29. The van der Waals surface area contributed by atoms with Crippen molar-refractivity contribution in [2.75, 3.05) is 13.8 Å². The molecule has 0 aromatic heterocycles. The molecule has 0 spiro atoms. The highest BCUT2D eigenvalue weighted by molar-refractivity contribution is 5.85.